The highest BCUT2D eigenvalue weighted by atomic mass is 32.1. The standard InChI is InChI=1S/C19H24N2O2S/c1-13(21-18(22)23-19(2,3)4)17(24)20-12-15-10-7-9-14-8-5-6-11-16(14)15/h5-11,13H,12H2,1-4H3,(H,20,24)(H,21,22)/t13-/m0/s1. The van der Waals surface area contributed by atoms with Crippen LogP contribution in [0.5, 0.6) is 0 Å². The molecule has 0 unspecified atom stereocenters. The van der Waals surface area contributed by atoms with Gasteiger partial charge in [-0.15, -0.1) is 0 Å². The molecule has 0 bridgehead atoms. The van der Waals surface area contributed by atoms with Crippen molar-refractivity contribution >= 4 is 34.1 Å². The van der Waals surface area contributed by atoms with E-state index in [1.54, 1.807) is 0 Å². The molecule has 0 aliphatic heterocycles. The van der Waals surface area contributed by atoms with E-state index < -0.39 is 11.7 Å². The quantitative estimate of drug-likeness (QED) is 0.817. The van der Waals surface area contributed by atoms with Crippen molar-refractivity contribution in [2.45, 2.75) is 45.9 Å². The lowest BCUT2D eigenvalue weighted by Crippen LogP contribution is -2.45. The minimum atomic E-state index is -0.526. The van der Waals surface area contributed by atoms with Crippen LogP contribution in [0.3, 0.4) is 0 Å². The third-order valence-electron chi connectivity index (χ3n) is 3.46. The van der Waals surface area contributed by atoms with Gasteiger partial charge in [-0.05, 0) is 44.0 Å². The maximum Gasteiger partial charge on any atom is 0.408 e. The Kier molecular flexibility index (Phi) is 5.78. The molecule has 0 aliphatic rings. The van der Waals surface area contributed by atoms with Gasteiger partial charge in [0.15, 0.2) is 0 Å². The summed E-state index contributed by atoms with van der Waals surface area (Å²) in [7, 11) is 0. The van der Waals surface area contributed by atoms with Crippen LogP contribution in [0.4, 0.5) is 4.79 Å². The van der Waals surface area contributed by atoms with Gasteiger partial charge >= 0.3 is 6.09 Å². The van der Waals surface area contributed by atoms with E-state index in [1.165, 1.54) is 16.3 Å². The molecule has 1 amide bonds. The Morgan fingerprint density at radius 3 is 2.54 bits per heavy atom. The van der Waals surface area contributed by atoms with E-state index >= 15 is 0 Å². The van der Waals surface area contributed by atoms with Gasteiger partial charge in [-0.1, -0.05) is 54.7 Å². The Morgan fingerprint density at radius 1 is 1.17 bits per heavy atom. The van der Waals surface area contributed by atoms with Crippen LogP contribution in [-0.2, 0) is 11.3 Å². The molecule has 0 fully saturated rings. The zero-order chi connectivity index (χ0) is 17.7. The number of nitrogens with one attached hydrogen (secondary N) is 2. The summed E-state index contributed by atoms with van der Waals surface area (Å²) in [6.07, 6.45) is -0.468. The third kappa shape index (κ3) is 5.20. The summed E-state index contributed by atoms with van der Waals surface area (Å²) < 4.78 is 5.24. The number of benzene rings is 2. The third-order valence-corrected chi connectivity index (χ3v) is 3.96. The number of ether oxygens (including phenoxy) is 1. The van der Waals surface area contributed by atoms with Crippen LogP contribution in [-0.4, -0.2) is 22.7 Å². The fraction of sp³-hybridized carbons (Fsp3) is 0.368. The molecular weight excluding hydrogens is 320 g/mol. The Labute approximate surface area is 148 Å². The number of hydrogen-bond donors (Lipinski definition) is 2. The Morgan fingerprint density at radius 2 is 1.83 bits per heavy atom. The highest BCUT2D eigenvalue weighted by Gasteiger charge is 2.19. The van der Waals surface area contributed by atoms with Crippen LogP contribution in [0.15, 0.2) is 42.5 Å². The van der Waals surface area contributed by atoms with Gasteiger partial charge in [0.05, 0.1) is 11.0 Å². The maximum atomic E-state index is 11.8. The van der Waals surface area contributed by atoms with Gasteiger partial charge in [0.1, 0.15) is 5.60 Å². The maximum absolute atomic E-state index is 11.8. The van der Waals surface area contributed by atoms with Crippen molar-refractivity contribution in [3.63, 3.8) is 0 Å². The van der Waals surface area contributed by atoms with Crippen molar-refractivity contribution in [2.75, 3.05) is 0 Å². The normalized spacial score (nSPS) is 12.5. The second kappa shape index (κ2) is 7.62. The lowest BCUT2D eigenvalue weighted by Gasteiger charge is -2.22. The Bertz CT molecular complexity index is 732. The molecule has 4 nitrogen and oxygen atoms in total. The first kappa shape index (κ1) is 18.2. The van der Waals surface area contributed by atoms with Gasteiger partial charge in [0, 0.05) is 6.54 Å². The van der Waals surface area contributed by atoms with Crippen LogP contribution in [0.1, 0.15) is 33.3 Å². The molecule has 5 heteroatoms. The van der Waals surface area contributed by atoms with E-state index in [-0.39, 0.29) is 6.04 Å². The Balaban J connectivity index is 1.93. The number of thiocarbonyl (C=S) groups is 1. The van der Waals surface area contributed by atoms with E-state index in [9.17, 15) is 4.79 Å². The molecule has 2 N–H and O–H groups in total. The second-order valence-electron chi connectivity index (χ2n) is 6.72. The number of carbonyl (C=O) groups excluding carboxylic acids is 1. The summed E-state index contributed by atoms with van der Waals surface area (Å²) >= 11 is 5.38. The van der Waals surface area contributed by atoms with Crippen molar-refractivity contribution in [3.8, 4) is 0 Å². The summed E-state index contributed by atoms with van der Waals surface area (Å²) in [5.41, 5.74) is 0.641. The van der Waals surface area contributed by atoms with Gasteiger partial charge < -0.3 is 15.4 Å². The molecule has 0 saturated carbocycles. The molecular formula is C19H24N2O2S. The second-order valence-corrected chi connectivity index (χ2v) is 7.16. The average Bonchev–Trinajstić information content (AvgIpc) is 2.50. The van der Waals surface area contributed by atoms with Crippen molar-refractivity contribution in [3.05, 3.63) is 48.0 Å². The van der Waals surface area contributed by atoms with E-state index in [0.29, 0.717) is 11.5 Å². The van der Waals surface area contributed by atoms with E-state index in [1.807, 2.05) is 45.9 Å². The van der Waals surface area contributed by atoms with Crippen LogP contribution >= 0.6 is 12.2 Å². The van der Waals surface area contributed by atoms with Crippen LogP contribution in [0.2, 0.25) is 0 Å². The summed E-state index contributed by atoms with van der Waals surface area (Å²) in [6.45, 7) is 7.93. The first-order valence-electron chi connectivity index (χ1n) is 8.00. The monoisotopic (exact) mass is 344 g/mol. The topological polar surface area (TPSA) is 50.4 Å². The number of amides is 1. The number of hydrogen-bond acceptors (Lipinski definition) is 3. The molecule has 0 spiro atoms. The van der Waals surface area contributed by atoms with Gasteiger partial charge in [-0.25, -0.2) is 4.79 Å². The van der Waals surface area contributed by atoms with E-state index in [2.05, 4.69) is 34.9 Å². The molecule has 24 heavy (non-hydrogen) atoms. The summed E-state index contributed by atoms with van der Waals surface area (Å²) in [5.74, 6) is 0. The van der Waals surface area contributed by atoms with Crippen molar-refractivity contribution in [1.29, 1.82) is 0 Å². The molecule has 0 saturated heterocycles. The summed E-state index contributed by atoms with van der Waals surface area (Å²) in [6, 6.07) is 14.1. The highest BCUT2D eigenvalue weighted by Crippen LogP contribution is 2.18. The molecule has 0 radical (unpaired) electrons. The molecule has 128 valence electrons. The van der Waals surface area contributed by atoms with E-state index in [4.69, 9.17) is 17.0 Å². The SMILES string of the molecule is C[C@H](NC(=O)OC(C)(C)C)C(=S)NCc1cccc2ccccc12. The lowest BCUT2D eigenvalue weighted by atomic mass is 10.0. The first-order chi connectivity index (χ1) is 11.3. The highest BCUT2D eigenvalue weighted by molar-refractivity contribution is 7.80. The van der Waals surface area contributed by atoms with Gasteiger partial charge in [0.25, 0.3) is 0 Å². The van der Waals surface area contributed by atoms with E-state index in [0.717, 1.165) is 0 Å². The zero-order valence-electron chi connectivity index (χ0n) is 14.6. The molecule has 2 aromatic rings. The molecule has 0 aromatic heterocycles. The van der Waals surface area contributed by atoms with Crippen molar-refractivity contribution < 1.29 is 9.53 Å². The first-order valence-corrected chi connectivity index (χ1v) is 8.41. The van der Waals surface area contributed by atoms with Gasteiger partial charge in [0.2, 0.25) is 0 Å². The minimum absolute atomic E-state index is 0.301. The lowest BCUT2D eigenvalue weighted by molar-refractivity contribution is 0.0521. The summed E-state index contributed by atoms with van der Waals surface area (Å²) in [5, 5.41) is 8.36. The molecule has 0 aliphatic carbocycles. The summed E-state index contributed by atoms with van der Waals surface area (Å²) in [4.78, 5) is 12.4. The largest absolute Gasteiger partial charge is 0.444 e. The van der Waals surface area contributed by atoms with Crippen molar-refractivity contribution in [2.24, 2.45) is 0 Å². The zero-order valence-corrected chi connectivity index (χ0v) is 15.4. The molecule has 0 heterocycles. The van der Waals surface area contributed by atoms with Crippen LogP contribution < -0.4 is 10.6 Å². The number of alkyl carbamates (subject to hydrolysis) is 1. The predicted octanol–water partition coefficient (Wildman–Crippen LogP) is 4.17. The smallest absolute Gasteiger partial charge is 0.408 e. The number of fused-ring (bicyclic) bond motifs is 1. The fourth-order valence-corrected chi connectivity index (χ4v) is 2.46. The van der Waals surface area contributed by atoms with Gasteiger partial charge in [-0.2, -0.15) is 0 Å². The fourth-order valence-electron chi connectivity index (χ4n) is 2.33. The minimum Gasteiger partial charge on any atom is -0.444 e. The molecule has 1 atom stereocenters. The van der Waals surface area contributed by atoms with Crippen LogP contribution in [0, 0.1) is 0 Å². The van der Waals surface area contributed by atoms with Gasteiger partial charge in [-0.3, -0.25) is 0 Å². The molecule has 2 rings (SSSR count). The number of rotatable bonds is 4. The van der Waals surface area contributed by atoms with Crippen molar-refractivity contribution in [1.82, 2.24) is 10.6 Å². The molecule has 2 aromatic carbocycles. The number of carbonyl (C=O) groups is 1. The Hall–Kier alpha value is -2.14. The van der Waals surface area contributed by atoms with Crippen LogP contribution in [0.25, 0.3) is 10.8 Å². The predicted molar refractivity (Wildman–Crippen MR) is 102 cm³/mol. The average molecular weight is 344 g/mol.